The summed E-state index contributed by atoms with van der Waals surface area (Å²) in [5, 5.41) is 3.17. The Morgan fingerprint density at radius 3 is 2.62 bits per heavy atom. The second-order valence-electron chi connectivity index (χ2n) is 6.63. The average molecular weight is 449 g/mol. The van der Waals surface area contributed by atoms with Crippen molar-refractivity contribution in [3.8, 4) is 0 Å². The van der Waals surface area contributed by atoms with Gasteiger partial charge in [-0.3, -0.25) is 0 Å². The summed E-state index contributed by atoms with van der Waals surface area (Å²) in [5.74, 6) is -0.317. The van der Waals surface area contributed by atoms with Crippen molar-refractivity contribution in [2.75, 3.05) is 6.54 Å². The largest absolute Gasteiger partial charge is 0.361 e. The van der Waals surface area contributed by atoms with Gasteiger partial charge in [-0.1, -0.05) is 17.7 Å². The van der Waals surface area contributed by atoms with Crippen molar-refractivity contribution in [2.45, 2.75) is 17.9 Å². The van der Waals surface area contributed by atoms with Crippen molar-refractivity contribution in [1.82, 2.24) is 9.29 Å². The van der Waals surface area contributed by atoms with Crippen molar-refractivity contribution in [1.29, 1.82) is 0 Å². The number of aromatic nitrogens is 1. The third kappa shape index (κ3) is 4.38. The third-order valence-corrected chi connectivity index (χ3v) is 7.70. The van der Waals surface area contributed by atoms with Crippen LogP contribution in [0.5, 0.6) is 0 Å². The fourth-order valence-electron chi connectivity index (χ4n) is 3.22. The van der Waals surface area contributed by atoms with E-state index in [1.807, 2.05) is 23.7 Å². The zero-order valence-corrected chi connectivity index (χ0v) is 17.7. The molecule has 150 valence electrons. The van der Waals surface area contributed by atoms with Gasteiger partial charge in [0.15, 0.2) is 0 Å². The van der Waals surface area contributed by atoms with Crippen LogP contribution in [0.4, 0.5) is 4.39 Å². The lowest BCUT2D eigenvalue weighted by molar-refractivity contribution is 0.412. The number of thiophene rings is 1. The monoisotopic (exact) mass is 448 g/mol. The smallest absolute Gasteiger partial charge is 0.243 e. The van der Waals surface area contributed by atoms with Crippen molar-refractivity contribution in [3.05, 3.63) is 87.5 Å². The first-order valence-corrected chi connectivity index (χ1v) is 11.7. The number of benzene rings is 2. The number of aromatic amines is 1. The number of hydrogen-bond donors (Lipinski definition) is 1. The lowest BCUT2D eigenvalue weighted by Crippen LogP contribution is -2.32. The van der Waals surface area contributed by atoms with Gasteiger partial charge >= 0.3 is 0 Å². The van der Waals surface area contributed by atoms with Gasteiger partial charge in [0.25, 0.3) is 0 Å². The molecular formula is C21H18ClFN2O2S2. The Morgan fingerprint density at radius 1 is 1.10 bits per heavy atom. The van der Waals surface area contributed by atoms with E-state index in [1.54, 1.807) is 18.2 Å². The van der Waals surface area contributed by atoms with Crippen molar-refractivity contribution in [2.24, 2.45) is 0 Å². The van der Waals surface area contributed by atoms with E-state index in [-0.39, 0.29) is 23.8 Å². The molecule has 4 aromatic rings. The Kier molecular flexibility index (Phi) is 5.74. The third-order valence-electron chi connectivity index (χ3n) is 4.72. The van der Waals surface area contributed by atoms with E-state index in [0.29, 0.717) is 11.4 Å². The topological polar surface area (TPSA) is 53.2 Å². The molecule has 2 aromatic heterocycles. The predicted molar refractivity (Wildman–Crippen MR) is 115 cm³/mol. The molecule has 0 atom stereocenters. The summed E-state index contributed by atoms with van der Waals surface area (Å²) in [7, 11) is -3.71. The Morgan fingerprint density at radius 2 is 1.90 bits per heavy atom. The summed E-state index contributed by atoms with van der Waals surface area (Å²) in [6, 6.07) is 14.5. The molecule has 0 spiro atoms. The number of sulfonamides is 1. The molecule has 2 heterocycles. The zero-order valence-electron chi connectivity index (χ0n) is 15.3. The maximum atomic E-state index is 13.7. The SMILES string of the molecule is O=S(=O)(c1ccc(Cl)cc1)N(CCc1c[nH]c2ccc(F)cc12)Cc1cccs1. The van der Waals surface area contributed by atoms with E-state index in [1.165, 1.54) is 39.9 Å². The van der Waals surface area contributed by atoms with Crippen LogP contribution in [0, 0.1) is 5.82 Å². The van der Waals surface area contributed by atoms with Crippen LogP contribution in [-0.2, 0) is 23.0 Å². The van der Waals surface area contributed by atoms with E-state index in [2.05, 4.69) is 4.98 Å². The summed E-state index contributed by atoms with van der Waals surface area (Å²) in [6.45, 7) is 0.547. The van der Waals surface area contributed by atoms with Crippen LogP contribution in [0.1, 0.15) is 10.4 Å². The molecule has 0 unspecified atom stereocenters. The molecule has 4 rings (SSSR count). The quantitative estimate of drug-likeness (QED) is 0.408. The summed E-state index contributed by atoms with van der Waals surface area (Å²) in [6.07, 6.45) is 2.27. The summed E-state index contributed by atoms with van der Waals surface area (Å²) >= 11 is 7.42. The Balaban J connectivity index is 1.63. The highest BCUT2D eigenvalue weighted by atomic mass is 35.5. The summed E-state index contributed by atoms with van der Waals surface area (Å²) < 4.78 is 41.7. The first kappa shape index (κ1) is 20.1. The highest BCUT2D eigenvalue weighted by Crippen LogP contribution is 2.24. The minimum absolute atomic E-state index is 0.198. The lowest BCUT2D eigenvalue weighted by Gasteiger charge is -2.22. The maximum absolute atomic E-state index is 13.7. The minimum Gasteiger partial charge on any atom is -0.361 e. The summed E-state index contributed by atoms with van der Waals surface area (Å²) in [4.78, 5) is 4.26. The molecule has 0 aliphatic rings. The second-order valence-corrected chi connectivity index (χ2v) is 10.0. The fourth-order valence-corrected chi connectivity index (χ4v) is 5.56. The Hall–Kier alpha value is -2.19. The highest BCUT2D eigenvalue weighted by molar-refractivity contribution is 7.89. The molecule has 0 amide bonds. The van der Waals surface area contributed by atoms with Crippen LogP contribution >= 0.6 is 22.9 Å². The van der Waals surface area contributed by atoms with E-state index >= 15 is 0 Å². The Bertz CT molecular complexity index is 1220. The molecule has 0 aliphatic carbocycles. The maximum Gasteiger partial charge on any atom is 0.243 e. The van der Waals surface area contributed by atoms with Crippen LogP contribution < -0.4 is 0 Å². The van der Waals surface area contributed by atoms with Gasteiger partial charge in [-0.05, 0) is 65.9 Å². The fraction of sp³-hybridized carbons (Fsp3) is 0.143. The van der Waals surface area contributed by atoms with Crippen LogP contribution in [0.2, 0.25) is 5.02 Å². The number of H-pyrrole nitrogens is 1. The molecule has 1 N–H and O–H groups in total. The molecule has 0 saturated heterocycles. The van der Waals surface area contributed by atoms with Gasteiger partial charge in [-0.15, -0.1) is 11.3 Å². The highest BCUT2D eigenvalue weighted by Gasteiger charge is 2.25. The van der Waals surface area contributed by atoms with Gasteiger partial charge in [0.1, 0.15) is 5.82 Å². The normalized spacial score (nSPS) is 12.1. The molecule has 2 aromatic carbocycles. The standard InChI is InChI=1S/C21H18ClFN2O2S2/c22-16-3-6-19(7-4-16)29(26,27)25(14-18-2-1-11-28-18)10-9-15-13-24-21-8-5-17(23)12-20(15)21/h1-8,11-13,24H,9-10,14H2. The van der Waals surface area contributed by atoms with E-state index in [9.17, 15) is 12.8 Å². The number of nitrogens with zero attached hydrogens (tertiary/aromatic N) is 1. The first-order chi connectivity index (χ1) is 13.9. The van der Waals surface area contributed by atoms with Gasteiger partial charge in [0, 0.05) is 40.1 Å². The number of fused-ring (bicyclic) bond motifs is 1. The summed E-state index contributed by atoms with van der Waals surface area (Å²) in [5.41, 5.74) is 1.70. The Labute approximate surface area is 177 Å². The number of rotatable bonds is 7. The van der Waals surface area contributed by atoms with Gasteiger partial charge in [0.2, 0.25) is 10.0 Å². The van der Waals surface area contributed by atoms with Crippen molar-refractivity contribution < 1.29 is 12.8 Å². The number of halogens is 2. The van der Waals surface area contributed by atoms with Gasteiger partial charge in [-0.25, -0.2) is 12.8 Å². The van der Waals surface area contributed by atoms with Crippen LogP contribution in [0.25, 0.3) is 10.9 Å². The number of hydrogen-bond acceptors (Lipinski definition) is 3. The zero-order chi connectivity index (χ0) is 20.4. The van der Waals surface area contributed by atoms with Crippen LogP contribution in [0.3, 0.4) is 0 Å². The molecule has 4 nitrogen and oxygen atoms in total. The average Bonchev–Trinajstić information content (AvgIpc) is 3.35. The van der Waals surface area contributed by atoms with Crippen LogP contribution in [0.15, 0.2) is 71.1 Å². The molecule has 29 heavy (non-hydrogen) atoms. The lowest BCUT2D eigenvalue weighted by atomic mass is 10.1. The van der Waals surface area contributed by atoms with Crippen molar-refractivity contribution in [3.63, 3.8) is 0 Å². The van der Waals surface area contributed by atoms with E-state index in [4.69, 9.17) is 11.6 Å². The van der Waals surface area contributed by atoms with Gasteiger partial charge in [0.05, 0.1) is 4.90 Å². The second kappa shape index (κ2) is 8.28. The minimum atomic E-state index is -3.71. The molecule has 8 heteroatoms. The molecular weight excluding hydrogens is 431 g/mol. The van der Waals surface area contributed by atoms with Crippen LogP contribution in [-0.4, -0.2) is 24.3 Å². The molecule has 0 fully saturated rings. The van der Waals surface area contributed by atoms with Crippen molar-refractivity contribution >= 4 is 43.9 Å². The van der Waals surface area contributed by atoms with Gasteiger partial charge in [-0.2, -0.15) is 4.31 Å². The molecule has 0 bridgehead atoms. The van der Waals surface area contributed by atoms with E-state index < -0.39 is 10.0 Å². The predicted octanol–water partition coefficient (Wildman–Crippen LogP) is 5.46. The molecule has 0 aliphatic heterocycles. The van der Waals surface area contributed by atoms with E-state index in [0.717, 1.165) is 21.3 Å². The molecule has 0 radical (unpaired) electrons. The van der Waals surface area contributed by atoms with Gasteiger partial charge < -0.3 is 4.98 Å². The number of nitrogens with one attached hydrogen (secondary N) is 1. The molecule has 0 saturated carbocycles. The first-order valence-electron chi connectivity index (χ1n) is 8.97.